The number of hydrogen-bond donors (Lipinski definition) is 2. The van der Waals surface area contributed by atoms with Crippen molar-refractivity contribution in [3.63, 3.8) is 0 Å². The van der Waals surface area contributed by atoms with E-state index in [1.807, 2.05) is 13.8 Å². The molecule has 4 heteroatoms. The monoisotopic (exact) mass is 173 g/mol. The average Bonchev–Trinajstić information content (AvgIpc) is 2.04. The average molecular weight is 173 g/mol. The van der Waals surface area contributed by atoms with E-state index in [0.29, 0.717) is 13.1 Å². The zero-order valence-corrected chi connectivity index (χ0v) is 7.45. The minimum Gasteiger partial charge on any atom is -0.480 e. The minimum atomic E-state index is -0.833. The molecule has 0 aromatic carbocycles. The molecule has 1 saturated heterocycles. The van der Waals surface area contributed by atoms with Gasteiger partial charge in [-0.15, -0.1) is 0 Å². The van der Waals surface area contributed by atoms with Crippen LogP contribution in [0.15, 0.2) is 0 Å². The van der Waals surface area contributed by atoms with E-state index in [0.717, 1.165) is 0 Å². The number of rotatable bonds is 2. The Labute approximate surface area is 71.8 Å². The van der Waals surface area contributed by atoms with Crippen LogP contribution in [0.5, 0.6) is 0 Å². The molecule has 1 fully saturated rings. The van der Waals surface area contributed by atoms with Gasteiger partial charge in [-0.25, -0.2) is 0 Å². The van der Waals surface area contributed by atoms with Crippen molar-refractivity contribution in [2.75, 3.05) is 19.6 Å². The Morgan fingerprint density at radius 3 is 2.58 bits per heavy atom. The molecule has 0 bridgehead atoms. The Morgan fingerprint density at radius 1 is 1.67 bits per heavy atom. The number of β-amino-alcohol motifs (C(OH)–C–C–N with tert-alkyl or cyclic N) is 1. The van der Waals surface area contributed by atoms with E-state index in [2.05, 4.69) is 0 Å². The fourth-order valence-corrected chi connectivity index (χ4v) is 1.55. The molecular weight excluding hydrogens is 158 g/mol. The summed E-state index contributed by atoms with van der Waals surface area (Å²) < 4.78 is 0. The third-order valence-corrected chi connectivity index (χ3v) is 2.32. The normalized spacial score (nSPS) is 29.1. The summed E-state index contributed by atoms with van der Waals surface area (Å²) in [5, 5.41) is 18.0. The largest absolute Gasteiger partial charge is 0.480 e. The van der Waals surface area contributed by atoms with Crippen LogP contribution in [0.25, 0.3) is 0 Å². The smallest absolute Gasteiger partial charge is 0.317 e. The standard InChI is InChI=1S/C8H15NO3/c1-8(2)5-9(3-6(8)10)4-7(11)12/h6,10H,3-5H2,1-2H3,(H,11,12). The van der Waals surface area contributed by atoms with Crippen LogP contribution in [0.1, 0.15) is 13.8 Å². The Bertz CT molecular complexity index is 191. The topological polar surface area (TPSA) is 60.8 Å². The van der Waals surface area contributed by atoms with Gasteiger partial charge in [0, 0.05) is 18.5 Å². The van der Waals surface area contributed by atoms with E-state index in [-0.39, 0.29) is 12.0 Å². The third-order valence-electron chi connectivity index (χ3n) is 2.32. The Morgan fingerprint density at radius 2 is 2.25 bits per heavy atom. The van der Waals surface area contributed by atoms with Gasteiger partial charge in [-0.3, -0.25) is 9.69 Å². The predicted octanol–water partition coefficient (Wildman–Crippen LogP) is -0.226. The predicted molar refractivity (Wildman–Crippen MR) is 43.9 cm³/mol. The molecule has 12 heavy (non-hydrogen) atoms. The van der Waals surface area contributed by atoms with Crippen LogP contribution in [-0.2, 0) is 4.79 Å². The number of likely N-dealkylation sites (tertiary alicyclic amines) is 1. The van der Waals surface area contributed by atoms with Gasteiger partial charge in [0.05, 0.1) is 12.6 Å². The molecule has 1 heterocycles. The van der Waals surface area contributed by atoms with Crippen molar-refractivity contribution in [3.8, 4) is 0 Å². The first-order valence-corrected chi connectivity index (χ1v) is 4.04. The second-order valence-electron chi connectivity index (χ2n) is 4.07. The fraction of sp³-hybridized carbons (Fsp3) is 0.875. The zero-order chi connectivity index (χ0) is 9.35. The van der Waals surface area contributed by atoms with E-state index >= 15 is 0 Å². The molecule has 2 N–H and O–H groups in total. The molecule has 0 aromatic rings. The van der Waals surface area contributed by atoms with E-state index < -0.39 is 12.1 Å². The zero-order valence-electron chi connectivity index (χ0n) is 7.45. The van der Waals surface area contributed by atoms with Gasteiger partial charge in [-0.2, -0.15) is 0 Å². The lowest BCUT2D eigenvalue weighted by Crippen LogP contribution is -2.28. The Kier molecular flexibility index (Phi) is 2.39. The first kappa shape index (κ1) is 9.48. The van der Waals surface area contributed by atoms with Crippen molar-refractivity contribution >= 4 is 5.97 Å². The maximum absolute atomic E-state index is 10.3. The van der Waals surface area contributed by atoms with Crippen molar-refractivity contribution in [2.24, 2.45) is 5.41 Å². The van der Waals surface area contributed by atoms with Crippen LogP contribution < -0.4 is 0 Å². The molecule has 1 aliphatic rings. The molecule has 0 amide bonds. The number of carbonyl (C=O) groups is 1. The van der Waals surface area contributed by atoms with E-state index in [4.69, 9.17) is 5.11 Å². The molecule has 1 rings (SSSR count). The summed E-state index contributed by atoms with van der Waals surface area (Å²) in [6.45, 7) is 5.04. The maximum Gasteiger partial charge on any atom is 0.317 e. The van der Waals surface area contributed by atoms with Crippen LogP contribution in [0, 0.1) is 5.41 Å². The van der Waals surface area contributed by atoms with Crippen molar-refractivity contribution < 1.29 is 15.0 Å². The molecule has 0 radical (unpaired) electrons. The SMILES string of the molecule is CC1(C)CN(CC(=O)O)CC1O. The van der Waals surface area contributed by atoms with Gasteiger partial charge >= 0.3 is 5.97 Å². The lowest BCUT2D eigenvalue weighted by molar-refractivity contribution is -0.138. The number of carboxylic acid groups (broad SMARTS) is 1. The molecule has 0 aliphatic carbocycles. The van der Waals surface area contributed by atoms with Gasteiger partial charge < -0.3 is 10.2 Å². The highest BCUT2D eigenvalue weighted by molar-refractivity contribution is 5.69. The highest BCUT2D eigenvalue weighted by Gasteiger charge is 2.38. The first-order valence-electron chi connectivity index (χ1n) is 4.04. The van der Waals surface area contributed by atoms with Crippen LogP contribution in [0.3, 0.4) is 0 Å². The van der Waals surface area contributed by atoms with Gasteiger partial charge in [0.15, 0.2) is 0 Å². The van der Waals surface area contributed by atoms with E-state index in [1.165, 1.54) is 0 Å². The van der Waals surface area contributed by atoms with Gasteiger partial charge in [-0.1, -0.05) is 13.8 Å². The maximum atomic E-state index is 10.3. The van der Waals surface area contributed by atoms with Gasteiger partial charge in [0.25, 0.3) is 0 Å². The molecule has 1 unspecified atom stereocenters. The second kappa shape index (κ2) is 3.03. The van der Waals surface area contributed by atoms with Gasteiger partial charge in [-0.05, 0) is 0 Å². The van der Waals surface area contributed by atoms with E-state index in [9.17, 15) is 9.90 Å². The van der Waals surface area contributed by atoms with Crippen molar-refractivity contribution in [1.29, 1.82) is 0 Å². The van der Waals surface area contributed by atoms with Gasteiger partial charge in [0.1, 0.15) is 0 Å². The van der Waals surface area contributed by atoms with Crippen LogP contribution >= 0.6 is 0 Å². The number of carboxylic acids is 1. The quantitative estimate of drug-likeness (QED) is 0.605. The molecule has 0 aromatic heterocycles. The molecule has 0 saturated carbocycles. The van der Waals surface area contributed by atoms with Crippen LogP contribution in [0.2, 0.25) is 0 Å². The summed E-state index contributed by atoms with van der Waals surface area (Å²) in [6, 6.07) is 0. The van der Waals surface area contributed by atoms with Crippen molar-refractivity contribution in [1.82, 2.24) is 4.90 Å². The van der Waals surface area contributed by atoms with Crippen LogP contribution in [0.4, 0.5) is 0 Å². The lowest BCUT2D eigenvalue weighted by atomic mass is 9.90. The second-order valence-corrected chi connectivity index (χ2v) is 4.07. The molecule has 1 aliphatic heterocycles. The highest BCUT2D eigenvalue weighted by Crippen LogP contribution is 2.28. The molecular formula is C8H15NO3. The third kappa shape index (κ3) is 1.95. The van der Waals surface area contributed by atoms with Crippen molar-refractivity contribution in [2.45, 2.75) is 20.0 Å². The Hall–Kier alpha value is -0.610. The molecule has 4 nitrogen and oxygen atoms in total. The number of aliphatic hydroxyl groups is 1. The summed E-state index contributed by atoms with van der Waals surface area (Å²) in [6.07, 6.45) is -0.406. The number of aliphatic carboxylic acids is 1. The molecule has 1 atom stereocenters. The summed E-state index contributed by atoms with van der Waals surface area (Å²) >= 11 is 0. The van der Waals surface area contributed by atoms with E-state index in [1.54, 1.807) is 4.90 Å². The number of hydrogen-bond acceptors (Lipinski definition) is 3. The summed E-state index contributed by atoms with van der Waals surface area (Å²) in [7, 11) is 0. The Balaban J connectivity index is 2.49. The minimum absolute atomic E-state index is 0.0283. The molecule has 0 spiro atoms. The number of aliphatic hydroxyl groups excluding tert-OH is 1. The van der Waals surface area contributed by atoms with Crippen molar-refractivity contribution in [3.05, 3.63) is 0 Å². The first-order chi connectivity index (χ1) is 5.42. The summed E-state index contributed by atoms with van der Waals surface area (Å²) in [5.74, 6) is -0.833. The van der Waals surface area contributed by atoms with Crippen LogP contribution in [-0.4, -0.2) is 46.8 Å². The molecule has 70 valence electrons. The highest BCUT2D eigenvalue weighted by atomic mass is 16.4. The lowest BCUT2D eigenvalue weighted by Gasteiger charge is -2.20. The summed E-state index contributed by atoms with van der Waals surface area (Å²) in [5.41, 5.74) is -0.171. The number of nitrogens with zero attached hydrogens (tertiary/aromatic N) is 1. The fourth-order valence-electron chi connectivity index (χ4n) is 1.55. The summed E-state index contributed by atoms with van der Waals surface area (Å²) in [4.78, 5) is 12.1. The van der Waals surface area contributed by atoms with Gasteiger partial charge in [0.2, 0.25) is 0 Å².